The van der Waals surface area contributed by atoms with Gasteiger partial charge in [-0.25, -0.2) is 0 Å². The molecule has 6 heteroatoms. The summed E-state index contributed by atoms with van der Waals surface area (Å²) in [4.78, 5) is 11.6. The number of hydrogen-bond donors (Lipinski definition) is 1. The zero-order chi connectivity index (χ0) is 12.7. The number of carbonyl (C=O) groups is 1. The molecular formula is C11H17ClN2O3. The molecule has 1 rings (SSSR count). The van der Waals surface area contributed by atoms with Crippen molar-refractivity contribution in [2.75, 3.05) is 13.7 Å². The lowest BCUT2D eigenvalue weighted by atomic mass is 10.2. The van der Waals surface area contributed by atoms with Gasteiger partial charge in [-0.15, -0.1) is 11.6 Å². The molecule has 96 valence electrons. The molecule has 0 radical (unpaired) electrons. The highest BCUT2D eigenvalue weighted by atomic mass is 35.5. The van der Waals surface area contributed by atoms with Gasteiger partial charge in [0.2, 0.25) is 0 Å². The minimum absolute atomic E-state index is 0.0941. The Kier molecular flexibility index (Phi) is 6.00. The number of halogens is 1. The molecule has 0 saturated carbocycles. The fourth-order valence-corrected chi connectivity index (χ4v) is 1.38. The highest BCUT2D eigenvalue weighted by Crippen LogP contribution is 2.06. The first-order valence-corrected chi connectivity index (χ1v) is 5.97. The zero-order valence-electron chi connectivity index (χ0n) is 10.0. The molecule has 5 nitrogen and oxygen atoms in total. The van der Waals surface area contributed by atoms with Crippen molar-refractivity contribution in [3.8, 4) is 0 Å². The summed E-state index contributed by atoms with van der Waals surface area (Å²) in [5.41, 5.74) is 0.264. The van der Waals surface area contributed by atoms with Gasteiger partial charge in [-0.05, 0) is 12.8 Å². The maximum Gasteiger partial charge on any atom is 0.273 e. The van der Waals surface area contributed by atoms with Crippen LogP contribution in [-0.2, 0) is 11.3 Å². The Balaban J connectivity index is 2.36. The summed E-state index contributed by atoms with van der Waals surface area (Å²) in [7, 11) is 1.55. The van der Waals surface area contributed by atoms with Crippen LogP contribution >= 0.6 is 11.6 Å². The number of rotatable bonds is 7. The van der Waals surface area contributed by atoms with Crippen LogP contribution in [0.1, 0.15) is 36.0 Å². The summed E-state index contributed by atoms with van der Waals surface area (Å²) < 4.78 is 9.78. The molecule has 1 aromatic rings. The molecule has 1 amide bonds. The molecule has 0 fully saturated rings. The van der Waals surface area contributed by atoms with Crippen LogP contribution in [0, 0.1) is 0 Å². The van der Waals surface area contributed by atoms with Gasteiger partial charge in [0.25, 0.3) is 5.91 Å². The predicted octanol–water partition coefficient (Wildman–Crippen LogP) is 1.96. The number of amides is 1. The minimum atomic E-state index is -0.254. The Hall–Kier alpha value is -1.07. The first kappa shape index (κ1) is 14.0. The van der Waals surface area contributed by atoms with Crippen LogP contribution in [0.2, 0.25) is 0 Å². The smallest absolute Gasteiger partial charge is 0.273 e. The van der Waals surface area contributed by atoms with E-state index in [2.05, 4.69) is 10.5 Å². The van der Waals surface area contributed by atoms with Crippen LogP contribution in [0.15, 0.2) is 10.6 Å². The first-order chi connectivity index (χ1) is 8.17. The Morgan fingerprint density at radius 3 is 3.12 bits per heavy atom. The summed E-state index contributed by atoms with van der Waals surface area (Å²) in [5.74, 6) is 0.275. The van der Waals surface area contributed by atoms with Gasteiger partial charge in [-0.2, -0.15) is 0 Å². The maximum atomic E-state index is 11.6. The van der Waals surface area contributed by atoms with Crippen molar-refractivity contribution in [2.45, 2.75) is 31.7 Å². The summed E-state index contributed by atoms with van der Waals surface area (Å²) in [6.45, 7) is 2.85. The average Bonchev–Trinajstić information content (AvgIpc) is 2.78. The third kappa shape index (κ3) is 4.75. The average molecular weight is 261 g/mol. The fourth-order valence-electron chi connectivity index (χ4n) is 1.27. The van der Waals surface area contributed by atoms with E-state index in [0.29, 0.717) is 18.9 Å². The van der Waals surface area contributed by atoms with E-state index in [1.165, 1.54) is 0 Å². The zero-order valence-corrected chi connectivity index (χ0v) is 10.8. The number of hydrogen-bond acceptors (Lipinski definition) is 4. The van der Waals surface area contributed by atoms with Gasteiger partial charge in [0.15, 0.2) is 11.5 Å². The van der Waals surface area contributed by atoms with Gasteiger partial charge in [-0.1, -0.05) is 12.1 Å². The number of nitrogens with one attached hydrogen (secondary N) is 1. The second kappa shape index (κ2) is 7.29. The molecule has 1 N–H and O–H groups in total. The van der Waals surface area contributed by atoms with Crippen LogP contribution in [0.3, 0.4) is 0 Å². The van der Waals surface area contributed by atoms with E-state index in [4.69, 9.17) is 20.9 Å². The van der Waals surface area contributed by atoms with Gasteiger partial charge in [0.05, 0.1) is 0 Å². The highest BCUT2D eigenvalue weighted by molar-refractivity contribution is 6.20. The first-order valence-electron chi connectivity index (χ1n) is 5.54. The van der Waals surface area contributed by atoms with Gasteiger partial charge >= 0.3 is 0 Å². The van der Waals surface area contributed by atoms with Crippen LogP contribution < -0.4 is 5.32 Å². The number of ether oxygens (including phenoxy) is 1. The van der Waals surface area contributed by atoms with Gasteiger partial charge < -0.3 is 14.6 Å². The molecule has 0 aliphatic rings. The lowest BCUT2D eigenvalue weighted by Gasteiger charge is -2.06. The van der Waals surface area contributed by atoms with Gasteiger partial charge in [-0.3, -0.25) is 4.79 Å². The summed E-state index contributed by atoms with van der Waals surface area (Å²) in [6.07, 6.45) is 1.63. The second-order valence-corrected chi connectivity index (χ2v) is 4.28. The molecule has 0 aromatic carbocycles. The molecule has 1 heterocycles. The lowest BCUT2D eigenvalue weighted by molar-refractivity contribution is 0.0943. The summed E-state index contributed by atoms with van der Waals surface area (Å²) in [6, 6.07) is 1.57. The SMILES string of the molecule is CCC(Cl)CCNC(=O)c1cc(COC)on1. The topological polar surface area (TPSA) is 64.4 Å². The Morgan fingerprint density at radius 1 is 1.71 bits per heavy atom. The predicted molar refractivity (Wildman–Crippen MR) is 64.1 cm³/mol. The molecule has 1 atom stereocenters. The maximum absolute atomic E-state index is 11.6. The molecule has 0 spiro atoms. The summed E-state index contributed by atoms with van der Waals surface area (Å²) in [5, 5.41) is 6.48. The number of methoxy groups -OCH3 is 1. The fraction of sp³-hybridized carbons (Fsp3) is 0.636. The normalized spacial score (nSPS) is 12.4. The van der Waals surface area contributed by atoms with Crippen molar-refractivity contribution in [3.05, 3.63) is 17.5 Å². The van der Waals surface area contributed by atoms with Crippen LogP contribution in [0.5, 0.6) is 0 Å². The molecule has 17 heavy (non-hydrogen) atoms. The monoisotopic (exact) mass is 260 g/mol. The van der Waals surface area contributed by atoms with Crippen LogP contribution in [-0.4, -0.2) is 30.1 Å². The van der Waals surface area contributed by atoms with Crippen molar-refractivity contribution < 1.29 is 14.1 Å². The van der Waals surface area contributed by atoms with Crippen LogP contribution in [0.25, 0.3) is 0 Å². The van der Waals surface area contributed by atoms with Crippen molar-refractivity contribution in [2.24, 2.45) is 0 Å². The summed E-state index contributed by atoms with van der Waals surface area (Å²) >= 11 is 5.94. The van der Waals surface area contributed by atoms with E-state index >= 15 is 0 Å². The third-order valence-corrected chi connectivity index (χ3v) is 2.79. The second-order valence-electron chi connectivity index (χ2n) is 3.66. The number of alkyl halides is 1. The third-order valence-electron chi connectivity index (χ3n) is 2.26. The highest BCUT2D eigenvalue weighted by Gasteiger charge is 2.12. The Bertz CT molecular complexity index is 354. The van der Waals surface area contributed by atoms with Gasteiger partial charge in [0, 0.05) is 25.1 Å². The van der Waals surface area contributed by atoms with E-state index < -0.39 is 0 Å². The van der Waals surface area contributed by atoms with Crippen molar-refractivity contribution in [1.29, 1.82) is 0 Å². The van der Waals surface area contributed by atoms with E-state index in [1.54, 1.807) is 13.2 Å². The van der Waals surface area contributed by atoms with E-state index in [0.717, 1.165) is 12.8 Å². The van der Waals surface area contributed by atoms with Crippen molar-refractivity contribution in [1.82, 2.24) is 10.5 Å². The Labute approximate surface area is 105 Å². The quantitative estimate of drug-likeness (QED) is 0.761. The van der Waals surface area contributed by atoms with Crippen LogP contribution in [0.4, 0.5) is 0 Å². The standard InChI is InChI=1S/C11H17ClN2O3/c1-3-8(12)4-5-13-11(15)10-6-9(7-16-2)17-14-10/h6,8H,3-5,7H2,1-2H3,(H,13,15). The van der Waals surface area contributed by atoms with Crippen molar-refractivity contribution >= 4 is 17.5 Å². The molecule has 0 aliphatic carbocycles. The van der Waals surface area contributed by atoms with E-state index in [9.17, 15) is 4.79 Å². The lowest BCUT2D eigenvalue weighted by Crippen LogP contribution is -2.26. The largest absolute Gasteiger partial charge is 0.377 e. The molecule has 0 saturated heterocycles. The molecule has 0 bridgehead atoms. The number of aromatic nitrogens is 1. The number of carbonyl (C=O) groups excluding carboxylic acids is 1. The Morgan fingerprint density at radius 2 is 2.47 bits per heavy atom. The van der Waals surface area contributed by atoms with Gasteiger partial charge in [0.1, 0.15) is 6.61 Å². The molecular weight excluding hydrogens is 244 g/mol. The molecule has 1 aromatic heterocycles. The minimum Gasteiger partial charge on any atom is -0.377 e. The van der Waals surface area contributed by atoms with E-state index in [1.807, 2.05) is 6.92 Å². The van der Waals surface area contributed by atoms with E-state index in [-0.39, 0.29) is 17.0 Å². The molecule has 1 unspecified atom stereocenters. The molecule has 0 aliphatic heterocycles. The number of nitrogens with zero attached hydrogens (tertiary/aromatic N) is 1. The van der Waals surface area contributed by atoms with Crippen molar-refractivity contribution in [3.63, 3.8) is 0 Å².